The van der Waals surface area contributed by atoms with Gasteiger partial charge in [0.15, 0.2) is 5.82 Å². The van der Waals surface area contributed by atoms with Crippen LogP contribution >= 0.6 is 0 Å². The minimum absolute atomic E-state index is 0.758. The summed E-state index contributed by atoms with van der Waals surface area (Å²) in [6.07, 6.45) is 1.75. The number of nitrogens with zero attached hydrogens (tertiary/aromatic N) is 2. The molecule has 2 aromatic rings. The minimum Gasteiger partial charge on any atom is -0.263 e. The van der Waals surface area contributed by atoms with E-state index in [1.165, 1.54) is 0 Å². The summed E-state index contributed by atoms with van der Waals surface area (Å²) < 4.78 is 0. The van der Waals surface area contributed by atoms with E-state index < -0.39 is 0 Å². The third kappa shape index (κ3) is 8.77. The predicted molar refractivity (Wildman–Crippen MR) is 85.1 cm³/mol. The normalized spacial score (nSPS) is 7.68. The molecule has 0 aliphatic rings. The van der Waals surface area contributed by atoms with Crippen LogP contribution in [0.15, 0.2) is 43.0 Å². The fourth-order valence-electron chi connectivity index (χ4n) is 1.06. The van der Waals surface area contributed by atoms with Gasteiger partial charge in [-0.2, -0.15) is 5.10 Å². The molecule has 0 radical (unpaired) electrons. The van der Waals surface area contributed by atoms with E-state index in [1.807, 2.05) is 71.9 Å². The first-order valence-electron chi connectivity index (χ1n) is 6.79. The molecular weight excluding hydrogens is 234 g/mol. The fourth-order valence-corrected chi connectivity index (χ4v) is 1.06. The van der Waals surface area contributed by atoms with Crippen molar-refractivity contribution in [1.29, 1.82) is 0 Å². The number of nitrogens with one attached hydrogen (secondary N) is 1. The summed E-state index contributed by atoms with van der Waals surface area (Å²) in [7, 11) is 0. The highest BCUT2D eigenvalue weighted by Crippen LogP contribution is 2.12. The average molecular weight is 261 g/mol. The molecule has 19 heavy (non-hydrogen) atoms. The summed E-state index contributed by atoms with van der Waals surface area (Å²) in [5, 5.41) is 6.86. The van der Waals surface area contributed by atoms with Crippen LogP contribution < -0.4 is 0 Å². The molecule has 3 heteroatoms. The van der Waals surface area contributed by atoms with Crippen molar-refractivity contribution in [3.8, 4) is 11.4 Å². The van der Waals surface area contributed by atoms with Crippen molar-refractivity contribution >= 4 is 0 Å². The molecule has 0 spiro atoms. The number of H-pyrrole nitrogens is 1. The van der Waals surface area contributed by atoms with Crippen molar-refractivity contribution in [1.82, 2.24) is 15.2 Å². The Morgan fingerprint density at radius 3 is 1.89 bits per heavy atom. The maximum atomic E-state index is 4.21. The Balaban J connectivity index is 0. The van der Waals surface area contributed by atoms with Crippen molar-refractivity contribution in [2.45, 2.75) is 41.5 Å². The summed E-state index contributed by atoms with van der Waals surface area (Å²) in [5.74, 6) is 1.60. The Morgan fingerprint density at radius 1 is 1.05 bits per heavy atom. The molecule has 0 aliphatic heterocycles. The molecule has 1 N–H and O–H groups in total. The molecule has 1 aromatic heterocycles. The SMILES string of the molecule is C=CC.CC.CC.Cc1nc(-c2ccccc2)n[nH]1. The van der Waals surface area contributed by atoms with E-state index in [2.05, 4.69) is 21.8 Å². The van der Waals surface area contributed by atoms with Gasteiger partial charge in [-0.3, -0.25) is 5.10 Å². The van der Waals surface area contributed by atoms with E-state index in [9.17, 15) is 0 Å². The van der Waals surface area contributed by atoms with Gasteiger partial charge in [0.2, 0.25) is 0 Å². The number of allylic oxidation sites excluding steroid dienone is 1. The first-order valence-corrected chi connectivity index (χ1v) is 6.79. The lowest BCUT2D eigenvalue weighted by Gasteiger charge is -1.90. The third-order valence-electron chi connectivity index (χ3n) is 1.63. The zero-order chi connectivity index (χ0) is 15.1. The summed E-state index contributed by atoms with van der Waals surface area (Å²) in [5.41, 5.74) is 1.04. The molecule has 0 atom stereocenters. The number of hydrogen-bond donors (Lipinski definition) is 1. The second-order valence-corrected chi connectivity index (χ2v) is 3.02. The smallest absolute Gasteiger partial charge is 0.181 e. The molecule has 0 unspecified atom stereocenters. The van der Waals surface area contributed by atoms with Gasteiger partial charge in [0.05, 0.1) is 0 Å². The van der Waals surface area contributed by atoms with Crippen LogP contribution in [-0.4, -0.2) is 15.2 Å². The van der Waals surface area contributed by atoms with E-state index in [0.717, 1.165) is 17.2 Å². The number of aryl methyl sites for hydroxylation is 1. The zero-order valence-corrected chi connectivity index (χ0v) is 13.1. The number of aromatic amines is 1. The van der Waals surface area contributed by atoms with Crippen LogP contribution in [-0.2, 0) is 0 Å². The van der Waals surface area contributed by atoms with Crippen molar-refractivity contribution in [3.05, 3.63) is 48.8 Å². The van der Waals surface area contributed by atoms with Gasteiger partial charge in [-0.15, -0.1) is 6.58 Å². The van der Waals surface area contributed by atoms with Crippen molar-refractivity contribution in [2.24, 2.45) is 0 Å². The molecule has 0 bridgehead atoms. The first-order chi connectivity index (χ1) is 9.27. The molecule has 106 valence electrons. The van der Waals surface area contributed by atoms with Gasteiger partial charge in [0.25, 0.3) is 0 Å². The highest BCUT2D eigenvalue weighted by Gasteiger charge is 2.00. The quantitative estimate of drug-likeness (QED) is 0.732. The molecule has 0 aliphatic carbocycles. The van der Waals surface area contributed by atoms with Gasteiger partial charge in [0.1, 0.15) is 5.82 Å². The number of aromatic nitrogens is 3. The number of benzene rings is 1. The lowest BCUT2D eigenvalue weighted by atomic mass is 10.2. The van der Waals surface area contributed by atoms with E-state index in [0.29, 0.717) is 0 Å². The molecule has 1 heterocycles. The van der Waals surface area contributed by atoms with Crippen LogP contribution in [0.3, 0.4) is 0 Å². The van der Waals surface area contributed by atoms with Crippen molar-refractivity contribution in [3.63, 3.8) is 0 Å². The van der Waals surface area contributed by atoms with Gasteiger partial charge in [-0.1, -0.05) is 64.1 Å². The predicted octanol–water partition coefficient (Wildman–Crippen LogP) is 5.02. The highest BCUT2D eigenvalue weighted by atomic mass is 15.2. The third-order valence-corrected chi connectivity index (χ3v) is 1.63. The molecular formula is C16H27N3. The molecule has 2 rings (SSSR count). The van der Waals surface area contributed by atoms with E-state index in [-0.39, 0.29) is 0 Å². The monoisotopic (exact) mass is 261 g/mol. The Morgan fingerprint density at radius 2 is 1.53 bits per heavy atom. The Hall–Kier alpha value is -1.90. The molecule has 0 amide bonds. The van der Waals surface area contributed by atoms with Crippen LogP contribution in [0, 0.1) is 6.92 Å². The van der Waals surface area contributed by atoms with E-state index >= 15 is 0 Å². The van der Waals surface area contributed by atoms with Gasteiger partial charge < -0.3 is 0 Å². The van der Waals surface area contributed by atoms with E-state index in [1.54, 1.807) is 6.08 Å². The number of rotatable bonds is 1. The Labute approximate surface area is 117 Å². The lowest BCUT2D eigenvalue weighted by Crippen LogP contribution is -1.78. The van der Waals surface area contributed by atoms with Crippen LogP contribution in [0.1, 0.15) is 40.4 Å². The van der Waals surface area contributed by atoms with Crippen LogP contribution in [0.4, 0.5) is 0 Å². The molecule has 0 saturated heterocycles. The average Bonchev–Trinajstić information content (AvgIpc) is 2.92. The van der Waals surface area contributed by atoms with Crippen molar-refractivity contribution < 1.29 is 0 Å². The second kappa shape index (κ2) is 14.2. The highest BCUT2D eigenvalue weighted by molar-refractivity contribution is 5.53. The summed E-state index contributed by atoms with van der Waals surface area (Å²) in [6.45, 7) is 15.1. The molecule has 1 aromatic carbocycles. The van der Waals surface area contributed by atoms with E-state index in [4.69, 9.17) is 0 Å². The minimum atomic E-state index is 0.758. The summed E-state index contributed by atoms with van der Waals surface area (Å²) >= 11 is 0. The fraction of sp³-hybridized carbons (Fsp3) is 0.375. The molecule has 0 saturated carbocycles. The summed E-state index contributed by atoms with van der Waals surface area (Å²) in [4.78, 5) is 4.21. The topological polar surface area (TPSA) is 41.6 Å². The van der Waals surface area contributed by atoms with Gasteiger partial charge >= 0.3 is 0 Å². The number of hydrogen-bond acceptors (Lipinski definition) is 2. The first kappa shape index (κ1) is 19.4. The largest absolute Gasteiger partial charge is 0.263 e. The Kier molecular flexibility index (Phi) is 14.5. The molecule has 0 fully saturated rings. The maximum Gasteiger partial charge on any atom is 0.181 e. The maximum absolute atomic E-state index is 4.21. The van der Waals surface area contributed by atoms with Crippen LogP contribution in [0.25, 0.3) is 11.4 Å². The zero-order valence-electron chi connectivity index (χ0n) is 13.1. The Bertz CT molecular complexity index is 405. The van der Waals surface area contributed by atoms with Gasteiger partial charge in [-0.05, 0) is 13.8 Å². The standard InChI is InChI=1S/C9H9N3.C3H6.2C2H6/c1-7-10-9(12-11-7)8-5-3-2-4-6-8;1-3-2;2*1-2/h2-6H,1H3,(H,10,11,12);3H,1H2,2H3;2*1-2H3. The lowest BCUT2D eigenvalue weighted by molar-refractivity contribution is 1.04. The molecule has 3 nitrogen and oxygen atoms in total. The second-order valence-electron chi connectivity index (χ2n) is 3.02. The van der Waals surface area contributed by atoms with Crippen LogP contribution in [0.2, 0.25) is 0 Å². The van der Waals surface area contributed by atoms with Gasteiger partial charge in [0, 0.05) is 5.56 Å². The van der Waals surface area contributed by atoms with Crippen LogP contribution in [0.5, 0.6) is 0 Å². The van der Waals surface area contributed by atoms with Crippen molar-refractivity contribution in [2.75, 3.05) is 0 Å². The van der Waals surface area contributed by atoms with Gasteiger partial charge in [-0.25, -0.2) is 4.98 Å². The summed E-state index contributed by atoms with van der Waals surface area (Å²) in [6, 6.07) is 9.90.